The van der Waals surface area contributed by atoms with Gasteiger partial charge in [0, 0.05) is 26.4 Å². The largest absolute Gasteiger partial charge is 0.353 e. The first-order valence-corrected chi connectivity index (χ1v) is 21.8. The molecule has 7 nitrogen and oxygen atoms in total. The zero-order valence-electron chi connectivity index (χ0n) is 34.7. The number of hydrogen-bond acceptors (Lipinski definition) is 7. The van der Waals surface area contributed by atoms with Crippen molar-refractivity contribution in [1.82, 2.24) is 0 Å². The van der Waals surface area contributed by atoms with Crippen LogP contribution in [0.25, 0.3) is 0 Å². The molecule has 0 aliphatic rings. The molecule has 0 aliphatic heterocycles. The maximum Gasteiger partial charge on any atom is 0.180 e. The monoisotopic (exact) mass is 727 g/mol. The summed E-state index contributed by atoms with van der Waals surface area (Å²) in [5.74, 6) is 0. The molecule has 0 rings (SSSR count). The Morgan fingerprint density at radius 3 is 1.02 bits per heavy atom. The summed E-state index contributed by atoms with van der Waals surface area (Å²) in [7, 11) is 0. The first kappa shape index (κ1) is 50.2. The first-order valence-electron chi connectivity index (χ1n) is 21.8. The Morgan fingerprint density at radius 1 is 0.353 bits per heavy atom. The fraction of sp³-hybridized carbons (Fsp3) is 0.909. The predicted octanol–water partition coefficient (Wildman–Crippen LogP) is 13.0. The van der Waals surface area contributed by atoms with Crippen LogP contribution in [0.3, 0.4) is 0 Å². The molecule has 0 fully saturated rings. The normalized spacial score (nSPS) is 13.5. The van der Waals surface area contributed by atoms with Crippen LogP contribution in [0.4, 0.5) is 0 Å². The minimum atomic E-state index is -0.378. The molecule has 0 heterocycles. The Hall–Kier alpha value is -0.800. The van der Waals surface area contributed by atoms with Crippen LogP contribution < -0.4 is 0 Å². The molecule has 0 aliphatic carbocycles. The van der Waals surface area contributed by atoms with Crippen molar-refractivity contribution in [3.63, 3.8) is 0 Å². The van der Waals surface area contributed by atoms with E-state index in [0.29, 0.717) is 13.2 Å². The zero-order valence-corrected chi connectivity index (χ0v) is 34.7. The summed E-state index contributed by atoms with van der Waals surface area (Å²) in [6.07, 6.45) is 36.5. The van der Waals surface area contributed by atoms with Crippen molar-refractivity contribution >= 4 is 0 Å². The van der Waals surface area contributed by atoms with Crippen LogP contribution in [0.5, 0.6) is 0 Å². The lowest BCUT2D eigenvalue weighted by atomic mass is 10.1. The molecule has 0 aromatic heterocycles. The summed E-state index contributed by atoms with van der Waals surface area (Å²) in [5, 5.41) is 0. The maximum atomic E-state index is 6.42. The summed E-state index contributed by atoms with van der Waals surface area (Å²) in [4.78, 5) is 0. The van der Waals surface area contributed by atoms with E-state index < -0.39 is 0 Å². The molecule has 0 spiro atoms. The second-order valence-electron chi connectivity index (χ2n) is 13.7. The van der Waals surface area contributed by atoms with Gasteiger partial charge in [-0.25, -0.2) is 0 Å². The van der Waals surface area contributed by atoms with Gasteiger partial charge in [-0.05, 0) is 104 Å². The fourth-order valence-corrected chi connectivity index (χ4v) is 6.02. The molecule has 2 unspecified atom stereocenters. The molecule has 51 heavy (non-hydrogen) atoms. The third kappa shape index (κ3) is 36.0. The molecule has 0 aromatic rings. The van der Waals surface area contributed by atoms with E-state index in [1.807, 2.05) is 27.7 Å². The van der Waals surface area contributed by atoms with Gasteiger partial charge in [-0.3, -0.25) is 0 Å². The van der Waals surface area contributed by atoms with Crippen molar-refractivity contribution in [1.29, 1.82) is 0 Å². The van der Waals surface area contributed by atoms with Gasteiger partial charge in [0.1, 0.15) is 0 Å². The third-order valence-electron chi connectivity index (χ3n) is 8.95. The standard InChI is InChI=1S/C44H86O7/c1-7-13-33-39-49-43(37-31-27-23-19-15-17-21-25-29-35-41(45-9-3)46-10-4)51-44(50-40-34-14-8-2)38-32-28-24-20-16-18-22-26-30-36-42(47-11-5)48-12-6/h31-32,37-38,41-44H,7-30,33-36,39-40H2,1-6H3. The van der Waals surface area contributed by atoms with Crippen LogP contribution in [0.15, 0.2) is 24.3 Å². The van der Waals surface area contributed by atoms with E-state index >= 15 is 0 Å². The lowest BCUT2D eigenvalue weighted by molar-refractivity contribution is -0.208. The molecule has 0 bridgehead atoms. The van der Waals surface area contributed by atoms with Crippen LogP contribution in [-0.2, 0) is 33.2 Å². The van der Waals surface area contributed by atoms with Crippen molar-refractivity contribution in [2.75, 3.05) is 39.6 Å². The van der Waals surface area contributed by atoms with Crippen LogP contribution in [0, 0.1) is 0 Å². The SMILES string of the molecule is CCCCCOC(C=CCCCCCCCCCC(OCC)OCC)OC(C=CCCCCCCCCCC(OCC)OCC)OCCCCC. The molecular formula is C44H86O7. The van der Waals surface area contributed by atoms with Gasteiger partial charge in [-0.2, -0.15) is 0 Å². The molecule has 0 saturated carbocycles. The number of rotatable bonds is 42. The maximum absolute atomic E-state index is 6.42. The summed E-state index contributed by atoms with van der Waals surface area (Å²) in [5.41, 5.74) is 0. The highest BCUT2D eigenvalue weighted by Crippen LogP contribution is 2.16. The van der Waals surface area contributed by atoms with Crippen molar-refractivity contribution in [3.8, 4) is 0 Å². The van der Waals surface area contributed by atoms with Gasteiger partial charge in [-0.15, -0.1) is 0 Å². The summed E-state index contributed by atoms with van der Waals surface area (Å²) < 4.78 is 41.5. The smallest absolute Gasteiger partial charge is 0.180 e. The van der Waals surface area contributed by atoms with Gasteiger partial charge >= 0.3 is 0 Å². The van der Waals surface area contributed by atoms with E-state index in [4.69, 9.17) is 33.2 Å². The highest BCUT2D eigenvalue weighted by Gasteiger charge is 2.14. The van der Waals surface area contributed by atoms with Gasteiger partial charge in [0.2, 0.25) is 0 Å². The summed E-state index contributed by atoms with van der Waals surface area (Å²) in [6, 6.07) is 0. The number of ether oxygens (including phenoxy) is 7. The van der Waals surface area contributed by atoms with E-state index in [9.17, 15) is 0 Å². The van der Waals surface area contributed by atoms with Crippen LogP contribution in [-0.4, -0.2) is 64.8 Å². The topological polar surface area (TPSA) is 64.6 Å². The molecule has 2 atom stereocenters. The highest BCUT2D eigenvalue weighted by molar-refractivity contribution is 4.89. The molecular weight excluding hydrogens is 640 g/mol. The zero-order chi connectivity index (χ0) is 37.3. The Balaban J connectivity index is 4.55. The Labute approximate surface area is 317 Å². The van der Waals surface area contributed by atoms with E-state index in [-0.39, 0.29) is 25.2 Å². The molecule has 0 saturated heterocycles. The molecule has 0 radical (unpaired) electrons. The van der Waals surface area contributed by atoms with Crippen molar-refractivity contribution in [3.05, 3.63) is 24.3 Å². The highest BCUT2D eigenvalue weighted by atomic mass is 16.8. The number of hydrogen-bond donors (Lipinski definition) is 0. The van der Waals surface area contributed by atoms with Crippen molar-refractivity contribution < 1.29 is 33.2 Å². The lowest BCUT2D eigenvalue weighted by Gasteiger charge is -2.21. The van der Waals surface area contributed by atoms with E-state index in [0.717, 1.165) is 65.0 Å². The first-order chi connectivity index (χ1) is 25.1. The van der Waals surface area contributed by atoms with Gasteiger partial charge in [0.05, 0.1) is 13.2 Å². The number of unbranched alkanes of at least 4 members (excludes halogenated alkanes) is 18. The molecule has 0 amide bonds. The lowest BCUT2D eigenvalue weighted by Crippen LogP contribution is -2.25. The van der Waals surface area contributed by atoms with E-state index in [1.54, 1.807) is 0 Å². The molecule has 0 aromatic carbocycles. The van der Waals surface area contributed by atoms with Gasteiger partial charge in [0.25, 0.3) is 0 Å². The molecule has 304 valence electrons. The van der Waals surface area contributed by atoms with E-state index in [2.05, 4.69) is 38.2 Å². The van der Waals surface area contributed by atoms with Crippen LogP contribution in [0.2, 0.25) is 0 Å². The Kier molecular flexibility index (Phi) is 41.3. The van der Waals surface area contributed by atoms with Gasteiger partial charge < -0.3 is 33.2 Å². The van der Waals surface area contributed by atoms with Crippen molar-refractivity contribution in [2.45, 2.75) is 221 Å². The Morgan fingerprint density at radius 2 is 0.686 bits per heavy atom. The molecule has 0 N–H and O–H groups in total. The average molecular weight is 727 g/mol. The molecule has 7 heteroatoms. The fourth-order valence-electron chi connectivity index (χ4n) is 6.02. The minimum absolute atomic E-state index is 0.0261. The summed E-state index contributed by atoms with van der Waals surface area (Å²) >= 11 is 0. The quantitative estimate of drug-likeness (QED) is 0.0352. The Bertz CT molecular complexity index is 646. The second-order valence-corrected chi connectivity index (χ2v) is 13.7. The van der Waals surface area contributed by atoms with Gasteiger partial charge in [0.15, 0.2) is 25.2 Å². The minimum Gasteiger partial charge on any atom is -0.353 e. The van der Waals surface area contributed by atoms with E-state index in [1.165, 1.54) is 116 Å². The second kappa shape index (κ2) is 41.9. The van der Waals surface area contributed by atoms with Crippen LogP contribution >= 0.6 is 0 Å². The third-order valence-corrected chi connectivity index (χ3v) is 8.95. The predicted molar refractivity (Wildman–Crippen MR) is 215 cm³/mol. The van der Waals surface area contributed by atoms with Crippen molar-refractivity contribution in [2.24, 2.45) is 0 Å². The van der Waals surface area contributed by atoms with Gasteiger partial charge in [-0.1, -0.05) is 116 Å². The average Bonchev–Trinajstić information content (AvgIpc) is 3.12. The van der Waals surface area contributed by atoms with Crippen LogP contribution in [0.1, 0.15) is 196 Å². The number of allylic oxidation sites excluding steroid dienone is 2. The summed E-state index contributed by atoms with van der Waals surface area (Å²) in [6.45, 7) is 16.9.